The van der Waals surface area contributed by atoms with Crippen LogP contribution in [0.25, 0.3) is 22.3 Å². The van der Waals surface area contributed by atoms with E-state index >= 15 is 4.39 Å². The van der Waals surface area contributed by atoms with Crippen molar-refractivity contribution in [3.8, 4) is 39.5 Å². The largest absolute Gasteiger partial charge is 0.496 e. The highest BCUT2D eigenvalue weighted by atomic mass is 19.1. The molecular weight excluding hydrogens is 376 g/mol. The summed E-state index contributed by atoms with van der Waals surface area (Å²) in [5.74, 6) is 0.00807. The fourth-order valence-electron chi connectivity index (χ4n) is 3.68. The molecule has 29 heavy (non-hydrogen) atoms. The van der Waals surface area contributed by atoms with Gasteiger partial charge in [0, 0.05) is 17.7 Å². The van der Waals surface area contributed by atoms with E-state index in [2.05, 4.69) is 0 Å². The zero-order valence-electron chi connectivity index (χ0n) is 16.2. The van der Waals surface area contributed by atoms with Crippen LogP contribution in [0.15, 0.2) is 42.5 Å². The Morgan fingerprint density at radius 1 is 1.00 bits per heavy atom. The second-order valence-corrected chi connectivity index (χ2v) is 6.77. The Morgan fingerprint density at radius 2 is 1.76 bits per heavy atom. The third-order valence-electron chi connectivity index (χ3n) is 5.16. The quantitative estimate of drug-likeness (QED) is 0.684. The summed E-state index contributed by atoms with van der Waals surface area (Å²) in [5, 5.41) is 0. The Labute approximate surface area is 167 Å². The lowest BCUT2D eigenvalue weighted by Crippen LogP contribution is -2.16. The molecule has 0 atom stereocenters. The second-order valence-electron chi connectivity index (χ2n) is 6.77. The summed E-state index contributed by atoms with van der Waals surface area (Å²) in [6.45, 7) is 2.62. The van der Waals surface area contributed by atoms with Crippen molar-refractivity contribution in [3.63, 3.8) is 0 Å². The molecule has 2 N–H and O–H groups in total. The van der Waals surface area contributed by atoms with Gasteiger partial charge in [-0.15, -0.1) is 0 Å². The Kier molecular flexibility index (Phi) is 5.11. The van der Waals surface area contributed by atoms with Crippen molar-refractivity contribution in [2.75, 3.05) is 20.3 Å². The van der Waals surface area contributed by atoms with Gasteiger partial charge in [-0.3, -0.25) is 0 Å². The van der Waals surface area contributed by atoms with Crippen LogP contribution in [0, 0.1) is 18.6 Å². The van der Waals surface area contributed by atoms with Crippen LogP contribution in [-0.4, -0.2) is 20.3 Å². The molecule has 1 heterocycles. The van der Waals surface area contributed by atoms with Gasteiger partial charge < -0.3 is 19.9 Å². The van der Waals surface area contributed by atoms with Crippen molar-refractivity contribution in [1.82, 2.24) is 0 Å². The molecule has 0 amide bonds. The van der Waals surface area contributed by atoms with Gasteiger partial charge in [0.25, 0.3) is 0 Å². The number of hydrogen-bond acceptors (Lipinski definition) is 4. The van der Waals surface area contributed by atoms with Gasteiger partial charge >= 0.3 is 0 Å². The van der Waals surface area contributed by atoms with E-state index < -0.39 is 11.6 Å². The van der Waals surface area contributed by atoms with E-state index in [0.717, 1.165) is 11.1 Å². The summed E-state index contributed by atoms with van der Waals surface area (Å²) in [6, 6.07) is 12.1. The van der Waals surface area contributed by atoms with E-state index in [-0.39, 0.29) is 12.3 Å². The van der Waals surface area contributed by atoms with Gasteiger partial charge in [0.15, 0.2) is 17.3 Å². The molecule has 4 rings (SSSR count). The number of benzene rings is 3. The monoisotopic (exact) mass is 397 g/mol. The Balaban J connectivity index is 1.85. The van der Waals surface area contributed by atoms with Crippen LogP contribution in [0.1, 0.15) is 11.1 Å². The molecule has 0 radical (unpaired) electrons. The number of fused-ring (bicyclic) bond motifs is 1. The molecule has 4 nitrogen and oxygen atoms in total. The molecule has 0 unspecified atom stereocenters. The summed E-state index contributed by atoms with van der Waals surface area (Å²) >= 11 is 0. The first-order valence-corrected chi connectivity index (χ1v) is 9.30. The summed E-state index contributed by atoms with van der Waals surface area (Å²) in [7, 11) is 1.48. The standard InChI is InChI=1S/C23H21F2NO3/c1-13-15(14-10-19(24)18(12-26)21(11-14)27-2)4-3-5-16(13)17-6-7-20-23(22(17)25)29-9-8-28-20/h3-7,10-11H,8-9,12,26H2,1-2H3. The van der Waals surface area contributed by atoms with Crippen molar-refractivity contribution < 1.29 is 23.0 Å². The Morgan fingerprint density at radius 3 is 2.52 bits per heavy atom. The average Bonchev–Trinajstić information content (AvgIpc) is 2.74. The summed E-state index contributed by atoms with van der Waals surface area (Å²) in [6.07, 6.45) is 0. The van der Waals surface area contributed by atoms with Crippen LogP contribution in [0.2, 0.25) is 0 Å². The van der Waals surface area contributed by atoms with Gasteiger partial charge in [-0.05, 0) is 53.4 Å². The minimum atomic E-state index is -0.468. The van der Waals surface area contributed by atoms with Gasteiger partial charge in [0.2, 0.25) is 0 Å². The van der Waals surface area contributed by atoms with Crippen LogP contribution >= 0.6 is 0 Å². The Bertz CT molecular complexity index is 1080. The summed E-state index contributed by atoms with van der Waals surface area (Å²) in [5.41, 5.74) is 9.27. The van der Waals surface area contributed by atoms with Gasteiger partial charge in [0.1, 0.15) is 24.8 Å². The molecule has 6 heteroatoms. The minimum Gasteiger partial charge on any atom is -0.496 e. The maximum Gasteiger partial charge on any atom is 0.197 e. The van der Waals surface area contributed by atoms with Gasteiger partial charge in [-0.25, -0.2) is 8.78 Å². The molecule has 3 aromatic rings. The molecule has 0 saturated heterocycles. The first-order chi connectivity index (χ1) is 14.0. The van der Waals surface area contributed by atoms with Gasteiger partial charge in [-0.2, -0.15) is 0 Å². The van der Waals surface area contributed by atoms with E-state index in [1.165, 1.54) is 13.2 Å². The van der Waals surface area contributed by atoms with Gasteiger partial charge in [0.05, 0.1) is 7.11 Å². The number of nitrogens with two attached hydrogens (primary N) is 1. The van der Waals surface area contributed by atoms with E-state index in [0.29, 0.717) is 47.0 Å². The molecule has 0 fully saturated rings. The van der Waals surface area contributed by atoms with E-state index in [1.54, 1.807) is 18.2 Å². The van der Waals surface area contributed by atoms with Crippen LogP contribution in [-0.2, 0) is 6.54 Å². The molecule has 3 aromatic carbocycles. The molecule has 150 valence electrons. The molecule has 0 aromatic heterocycles. The third kappa shape index (κ3) is 3.29. The van der Waals surface area contributed by atoms with Crippen LogP contribution in [0.4, 0.5) is 8.78 Å². The fraction of sp³-hybridized carbons (Fsp3) is 0.217. The van der Waals surface area contributed by atoms with Gasteiger partial charge in [-0.1, -0.05) is 18.2 Å². The topological polar surface area (TPSA) is 53.7 Å². The number of methoxy groups -OCH3 is 1. The number of rotatable bonds is 4. The maximum absolute atomic E-state index is 15.1. The SMILES string of the molecule is COc1cc(-c2cccc(-c3ccc4c(c3F)OCCO4)c2C)cc(F)c1CN. The van der Waals surface area contributed by atoms with Crippen LogP contribution in [0.5, 0.6) is 17.2 Å². The third-order valence-corrected chi connectivity index (χ3v) is 5.16. The van der Waals surface area contributed by atoms with Crippen LogP contribution in [0.3, 0.4) is 0 Å². The molecule has 1 aliphatic heterocycles. The van der Waals surface area contributed by atoms with E-state index in [1.807, 2.05) is 25.1 Å². The van der Waals surface area contributed by atoms with Crippen molar-refractivity contribution in [1.29, 1.82) is 0 Å². The normalized spacial score (nSPS) is 12.7. The highest BCUT2D eigenvalue weighted by Gasteiger charge is 2.22. The highest BCUT2D eigenvalue weighted by molar-refractivity contribution is 5.80. The lowest BCUT2D eigenvalue weighted by molar-refractivity contribution is 0.164. The number of halogens is 2. The second kappa shape index (κ2) is 7.72. The first kappa shape index (κ1) is 19.2. The van der Waals surface area contributed by atoms with E-state index in [9.17, 15) is 4.39 Å². The molecule has 0 spiro atoms. The van der Waals surface area contributed by atoms with Crippen LogP contribution < -0.4 is 19.9 Å². The molecule has 1 aliphatic rings. The molecule has 0 aliphatic carbocycles. The average molecular weight is 397 g/mol. The smallest absolute Gasteiger partial charge is 0.197 e. The lowest BCUT2D eigenvalue weighted by Gasteiger charge is -2.21. The highest BCUT2D eigenvalue weighted by Crippen LogP contribution is 2.41. The Hall–Kier alpha value is -3.12. The van der Waals surface area contributed by atoms with E-state index in [4.69, 9.17) is 19.9 Å². The number of hydrogen-bond donors (Lipinski definition) is 1. The van der Waals surface area contributed by atoms with Crippen molar-refractivity contribution in [2.45, 2.75) is 13.5 Å². The maximum atomic E-state index is 15.1. The first-order valence-electron chi connectivity index (χ1n) is 9.30. The van der Waals surface area contributed by atoms with Crippen molar-refractivity contribution in [2.24, 2.45) is 5.73 Å². The summed E-state index contributed by atoms with van der Waals surface area (Å²) in [4.78, 5) is 0. The van der Waals surface area contributed by atoms with Crippen molar-refractivity contribution in [3.05, 3.63) is 65.2 Å². The minimum absolute atomic E-state index is 0.0384. The zero-order valence-corrected chi connectivity index (χ0v) is 16.2. The number of ether oxygens (including phenoxy) is 3. The zero-order chi connectivity index (χ0) is 20.5. The molecule has 0 saturated carbocycles. The predicted octanol–water partition coefficient (Wildman–Crippen LogP) is 4.85. The summed E-state index contributed by atoms with van der Waals surface area (Å²) < 4.78 is 45.9. The fourth-order valence-corrected chi connectivity index (χ4v) is 3.68. The molecular formula is C23H21F2NO3. The predicted molar refractivity (Wildman–Crippen MR) is 107 cm³/mol. The van der Waals surface area contributed by atoms with Crippen molar-refractivity contribution >= 4 is 0 Å². The molecule has 0 bridgehead atoms. The lowest BCUT2D eigenvalue weighted by atomic mass is 9.91.